The second-order valence-corrected chi connectivity index (χ2v) is 8.04. The number of carboxylic acid groups (broad SMARTS) is 1. The summed E-state index contributed by atoms with van der Waals surface area (Å²) in [7, 11) is 0. The molecule has 1 fully saturated rings. The molecular weight excluding hydrogens is 394 g/mol. The molecule has 0 spiro atoms. The van der Waals surface area contributed by atoms with Crippen molar-refractivity contribution in [3.63, 3.8) is 0 Å². The van der Waals surface area contributed by atoms with E-state index in [4.69, 9.17) is 10.1 Å². The summed E-state index contributed by atoms with van der Waals surface area (Å²) in [5.41, 5.74) is 4.66. The molecule has 160 valence electrons. The van der Waals surface area contributed by atoms with Crippen LogP contribution in [0.15, 0.2) is 54.6 Å². The van der Waals surface area contributed by atoms with Crippen LogP contribution in [0.5, 0.6) is 5.75 Å². The van der Waals surface area contributed by atoms with Gasteiger partial charge in [0, 0.05) is 28.9 Å². The number of aliphatic hydroxyl groups is 2. The fourth-order valence-electron chi connectivity index (χ4n) is 3.87. The van der Waals surface area contributed by atoms with Gasteiger partial charge in [-0.15, -0.1) is 0 Å². The molecule has 6 heteroatoms. The number of aromatic hydroxyl groups is 1. The minimum atomic E-state index is -1.12. The largest absolute Gasteiger partial charge is 0.508 e. The molecule has 1 heterocycles. The quantitative estimate of drug-likeness (QED) is 0.438. The van der Waals surface area contributed by atoms with Gasteiger partial charge in [-0.05, 0) is 36.6 Å². The van der Waals surface area contributed by atoms with Gasteiger partial charge in [-0.2, -0.15) is 0 Å². The molecule has 1 saturated carbocycles. The smallest absolute Gasteiger partial charge is 0.305 e. The van der Waals surface area contributed by atoms with E-state index in [9.17, 15) is 20.1 Å². The maximum Gasteiger partial charge on any atom is 0.305 e. The summed E-state index contributed by atoms with van der Waals surface area (Å²) >= 11 is 0. The zero-order chi connectivity index (χ0) is 22.0. The van der Waals surface area contributed by atoms with Gasteiger partial charge in [0.15, 0.2) is 0 Å². The van der Waals surface area contributed by atoms with E-state index in [0.717, 1.165) is 46.1 Å². The highest BCUT2D eigenvalue weighted by molar-refractivity contribution is 5.99. The van der Waals surface area contributed by atoms with Gasteiger partial charge in [0.2, 0.25) is 0 Å². The summed E-state index contributed by atoms with van der Waals surface area (Å²) in [6.07, 6.45) is 2.96. The van der Waals surface area contributed by atoms with Gasteiger partial charge in [0.25, 0.3) is 0 Å². The number of para-hydroxylation sites is 1. The third-order valence-corrected chi connectivity index (χ3v) is 5.49. The standard InChI is InChI=1S/C25H25NO5/c27-17-9-7-15(8-10-17)24-20-3-1-2-4-22(20)26-25(16-5-6-16)21(24)12-11-18(28)13-19(29)14-23(30)31/h1-4,7-12,16,18-19,27-29H,5-6,13-14H2,(H,30,31)/b12-11+/t18-,19-/m1/s1. The van der Waals surface area contributed by atoms with E-state index in [1.807, 2.05) is 42.5 Å². The molecule has 4 N–H and O–H groups in total. The van der Waals surface area contributed by atoms with Crippen LogP contribution in [0.25, 0.3) is 28.1 Å². The Labute approximate surface area is 180 Å². The third kappa shape index (κ3) is 4.93. The SMILES string of the molecule is O=C(O)C[C@H](O)C[C@H](O)/C=C/c1c(C2CC2)nc2ccccc2c1-c1ccc(O)cc1. The van der Waals surface area contributed by atoms with Crippen molar-refractivity contribution in [2.24, 2.45) is 0 Å². The normalized spacial score (nSPS) is 15.9. The Bertz CT molecular complexity index is 1120. The van der Waals surface area contributed by atoms with Crippen LogP contribution in [-0.4, -0.2) is 43.6 Å². The number of carboxylic acids is 1. The lowest BCUT2D eigenvalue weighted by molar-refractivity contribution is -0.139. The number of aliphatic hydroxyl groups excluding tert-OH is 2. The number of pyridine rings is 1. The maximum absolute atomic E-state index is 10.8. The van der Waals surface area contributed by atoms with E-state index < -0.39 is 24.6 Å². The van der Waals surface area contributed by atoms with Crippen molar-refractivity contribution in [2.45, 2.75) is 43.8 Å². The molecule has 0 saturated heterocycles. The Hall–Kier alpha value is -3.22. The highest BCUT2D eigenvalue weighted by atomic mass is 16.4. The first kappa shape index (κ1) is 21.0. The van der Waals surface area contributed by atoms with Gasteiger partial charge in [0.05, 0.1) is 29.8 Å². The fourth-order valence-corrected chi connectivity index (χ4v) is 3.87. The van der Waals surface area contributed by atoms with Crippen LogP contribution >= 0.6 is 0 Å². The molecule has 2 aromatic carbocycles. The average Bonchev–Trinajstić information content (AvgIpc) is 3.56. The Kier molecular flexibility index (Phi) is 6.02. The second kappa shape index (κ2) is 8.88. The van der Waals surface area contributed by atoms with Crippen LogP contribution in [0.2, 0.25) is 0 Å². The summed E-state index contributed by atoms with van der Waals surface area (Å²) in [5, 5.41) is 39.7. The zero-order valence-corrected chi connectivity index (χ0v) is 17.0. The molecule has 0 aliphatic heterocycles. The van der Waals surface area contributed by atoms with Gasteiger partial charge in [0.1, 0.15) is 5.75 Å². The molecule has 1 aromatic heterocycles. The summed E-state index contributed by atoms with van der Waals surface area (Å²) in [5.74, 6) is -0.563. The highest BCUT2D eigenvalue weighted by Gasteiger charge is 2.29. The summed E-state index contributed by atoms with van der Waals surface area (Å²) in [6, 6.07) is 14.9. The van der Waals surface area contributed by atoms with Crippen molar-refractivity contribution in [1.82, 2.24) is 4.98 Å². The molecule has 4 rings (SSSR count). The van der Waals surface area contributed by atoms with Gasteiger partial charge in [-0.1, -0.05) is 42.5 Å². The molecule has 1 aliphatic rings. The van der Waals surface area contributed by atoms with Gasteiger partial charge in [-0.3, -0.25) is 9.78 Å². The Morgan fingerprint density at radius 1 is 1.10 bits per heavy atom. The number of hydrogen-bond acceptors (Lipinski definition) is 5. The molecule has 6 nitrogen and oxygen atoms in total. The molecule has 3 aromatic rings. The van der Waals surface area contributed by atoms with E-state index in [-0.39, 0.29) is 12.2 Å². The van der Waals surface area contributed by atoms with Crippen LogP contribution in [-0.2, 0) is 4.79 Å². The average molecular weight is 419 g/mol. The Balaban J connectivity index is 1.79. The lowest BCUT2D eigenvalue weighted by Crippen LogP contribution is -2.19. The molecule has 0 radical (unpaired) electrons. The summed E-state index contributed by atoms with van der Waals surface area (Å²) in [6.45, 7) is 0. The molecule has 1 aliphatic carbocycles. The number of aromatic nitrogens is 1. The molecular formula is C25H25NO5. The first-order chi connectivity index (χ1) is 14.9. The number of phenols is 1. The number of fused-ring (bicyclic) bond motifs is 1. The molecule has 0 bridgehead atoms. The third-order valence-electron chi connectivity index (χ3n) is 5.49. The topological polar surface area (TPSA) is 111 Å². The minimum absolute atomic E-state index is 0.0584. The molecule has 31 heavy (non-hydrogen) atoms. The van der Waals surface area contributed by atoms with Crippen molar-refractivity contribution in [3.8, 4) is 16.9 Å². The van der Waals surface area contributed by atoms with Crippen molar-refractivity contribution in [2.75, 3.05) is 0 Å². The van der Waals surface area contributed by atoms with E-state index in [2.05, 4.69) is 0 Å². The van der Waals surface area contributed by atoms with Crippen LogP contribution in [0.1, 0.15) is 42.9 Å². The highest BCUT2D eigenvalue weighted by Crippen LogP contribution is 2.45. The predicted molar refractivity (Wildman–Crippen MR) is 119 cm³/mol. The predicted octanol–water partition coefficient (Wildman–Crippen LogP) is 4.08. The van der Waals surface area contributed by atoms with Gasteiger partial charge >= 0.3 is 5.97 Å². The second-order valence-electron chi connectivity index (χ2n) is 8.04. The summed E-state index contributed by atoms with van der Waals surface area (Å²) in [4.78, 5) is 15.7. The fraction of sp³-hybridized carbons (Fsp3) is 0.280. The number of phenolic OH excluding ortho intramolecular Hbond substituents is 1. The van der Waals surface area contributed by atoms with E-state index in [0.29, 0.717) is 5.92 Å². The maximum atomic E-state index is 10.8. The van der Waals surface area contributed by atoms with E-state index in [1.165, 1.54) is 0 Å². The van der Waals surface area contributed by atoms with Crippen molar-refractivity contribution < 1.29 is 25.2 Å². The molecule has 2 atom stereocenters. The number of carbonyl (C=O) groups is 1. The van der Waals surface area contributed by atoms with E-state index in [1.54, 1.807) is 18.2 Å². The van der Waals surface area contributed by atoms with Crippen molar-refractivity contribution >= 4 is 22.9 Å². The monoisotopic (exact) mass is 419 g/mol. The molecule has 0 amide bonds. The number of nitrogens with zero attached hydrogens (tertiary/aromatic N) is 1. The van der Waals surface area contributed by atoms with Crippen LogP contribution in [0.4, 0.5) is 0 Å². The van der Waals surface area contributed by atoms with Crippen LogP contribution in [0, 0.1) is 0 Å². The number of aliphatic carboxylic acids is 1. The lowest BCUT2D eigenvalue weighted by Gasteiger charge is -2.16. The van der Waals surface area contributed by atoms with Crippen LogP contribution < -0.4 is 0 Å². The lowest BCUT2D eigenvalue weighted by atomic mass is 9.92. The first-order valence-electron chi connectivity index (χ1n) is 10.4. The van der Waals surface area contributed by atoms with E-state index >= 15 is 0 Å². The first-order valence-corrected chi connectivity index (χ1v) is 10.4. The van der Waals surface area contributed by atoms with Crippen LogP contribution in [0.3, 0.4) is 0 Å². The van der Waals surface area contributed by atoms with Crippen molar-refractivity contribution in [3.05, 3.63) is 65.9 Å². The number of benzene rings is 2. The van der Waals surface area contributed by atoms with Gasteiger partial charge in [-0.25, -0.2) is 0 Å². The summed E-state index contributed by atoms with van der Waals surface area (Å²) < 4.78 is 0. The Morgan fingerprint density at radius 2 is 1.81 bits per heavy atom. The molecule has 0 unspecified atom stereocenters. The number of rotatable bonds is 8. The zero-order valence-electron chi connectivity index (χ0n) is 17.0. The van der Waals surface area contributed by atoms with Gasteiger partial charge < -0.3 is 20.4 Å². The minimum Gasteiger partial charge on any atom is -0.508 e. The number of hydrogen-bond donors (Lipinski definition) is 4. The Morgan fingerprint density at radius 3 is 2.48 bits per heavy atom. The van der Waals surface area contributed by atoms with Crippen molar-refractivity contribution in [1.29, 1.82) is 0 Å².